The van der Waals surface area contributed by atoms with Crippen LogP contribution >= 0.6 is 11.6 Å². The molecule has 3 heterocycles. The van der Waals surface area contributed by atoms with Crippen molar-refractivity contribution >= 4 is 17.4 Å². The zero-order chi connectivity index (χ0) is 21.4. The molecule has 5 nitrogen and oxygen atoms in total. The van der Waals surface area contributed by atoms with Gasteiger partial charge < -0.3 is 10.0 Å². The summed E-state index contributed by atoms with van der Waals surface area (Å²) in [6.45, 7) is 0.644. The number of hydrogen-bond acceptors (Lipinski definition) is 5. The van der Waals surface area contributed by atoms with Crippen molar-refractivity contribution in [3.05, 3.63) is 71.1 Å². The first-order chi connectivity index (χ1) is 14.3. The molecule has 30 heavy (non-hydrogen) atoms. The lowest BCUT2D eigenvalue weighted by Crippen LogP contribution is -2.43. The molecule has 0 atom stereocenters. The fourth-order valence-corrected chi connectivity index (χ4v) is 3.89. The minimum atomic E-state index is -4.61. The maximum atomic E-state index is 13.4. The summed E-state index contributed by atoms with van der Waals surface area (Å²) < 4.78 is 40.3. The number of anilines is 1. The molecule has 1 aliphatic heterocycles. The highest BCUT2D eigenvalue weighted by atomic mass is 35.5. The Bertz CT molecular complexity index is 1040. The van der Waals surface area contributed by atoms with Crippen LogP contribution in [0.3, 0.4) is 0 Å². The number of aliphatic hydroxyl groups is 1. The Kier molecular flexibility index (Phi) is 5.38. The van der Waals surface area contributed by atoms with Crippen LogP contribution in [0, 0.1) is 0 Å². The molecule has 156 valence electrons. The van der Waals surface area contributed by atoms with Gasteiger partial charge in [0.05, 0.1) is 5.60 Å². The van der Waals surface area contributed by atoms with Crippen LogP contribution in [-0.4, -0.2) is 33.1 Å². The third kappa shape index (κ3) is 4.11. The molecule has 4 rings (SSSR count). The molecule has 0 bridgehead atoms. The maximum Gasteiger partial charge on any atom is 0.433 e. The Morgan fingerprint density at radius 3 is 2.40 bits per heavy atom. The van der Waals surface area contributed by atoms with Crippen LogP contribution in [0.5, 0.6) is 0 Å². The summed E-state index contributed by atoms with van der Waals surface area (Å²) in [6, 6.07) is 11.2. The van der Waals surface area contributed by atoms with Crippen LogP contribution in [0.2, 0.25) is 5.02 Å². The van der Waals surface area contributed by atoms with Crippen LogP contribution in [-0.2, 0) is 11.8 Å². The predicted octanol–water partition coefficient (Wildman–Crippen LogP) is 4.70. The number of pyridine rings is 1. The van der Waals surface area contributed by atoms with Gasteiger partial charge in [0, 0.05) is 47.7 Å². The molecule has 1 saturated heterocycles. The Hall–Kier alpha value is -2.71. The van der Waals surface area contributed by atoms with E-state index in [1.165, 1.54) is 12.4 Å². The summed E-state index contributed by atoms with van der Waals surface area (Å²) in [4.78, 5) is 13.7. The monoisotopic (exact) mass is 434 g/mol. The first-order valence-corrected chi connectivity index (χ1v) is 9.73. The van der Waals surface area contributed by atoms with Gasteiger partial charge in [0.15, 0.2) is 11.5 Å². The Morgan fingerprint density at radius 1 is 1.03 bits per heavy atom. The Labute approximate surface area is 176 Å². The molecule has 1 fully saturated rings. The first kappa shape index (κ1) is 20.6. The van der Waals surface area contributed by atoms with Crippen molar-refractivity contribution in [3.8, 4) is 11.4 Å². The van der Waals surface area contributed by atoms with Crippen LogP contribution in [0.15, 0.2) is 54.9 Å². The van der Waals surface area contributed by atoms with Crippen LogP contribution < -0.4 is 4.90 Å². The summed E-state index contributed by atoms with van der Waals surface area (Å²) in [5.41, 5.74) is -1.13. The van der Waals surface area contributed by atoms with Crippen molar-refractivity contribution < 1.29 is 18.3 Å². The van der Waals surface area contributed by atoms with Gasteiger partial charge in [-0.1, -0.05) is 29.8 Å². The standard InChI is InChI=1S/C21H18ClF3N4O/c22-16-6-2-1-5-15(16)20(30)7-10-29(11-8-20)18-12-17(21(23,24)25)27-19(28-18)14-4-3-9-26-13-14/h1-6,9,12-13,30H,7-8,10-11H2. The average Bonchev–Trinajstić information content (AvgIpc) is 2.74. The highest BCUT2D eigenvalue weighted by Gasteiger charge is 2.38. The highest BCUT2D eigenvalue weighted by molar-refractivity contribution is 6.31. The molecule has 1 aromatic carbocycles. The molecule has 0 unspecified atom stereocenters. The molecular formula is C21H18ClF3N4O. The second-order valence-corrected chi connectivity index (χ2v) is 7.58. The Morgan fingerprint density at radius 2 is 1.77 bits per heavy atom. The largest absolute Gasteiger partial charge is 0.433 e. The molecule has 0 spiro atoms. The topological polar surface area (TPSA) is 62.1 Å². The van der Waals surface area contributed by atoms with E-state index in [9.17, 15) is 18.3 Å². The smallest absolute Gasteiger partial charge is 0.385 e. The quantitative estimate of drug-likeness (QED) is 0.647. The molecule has 3 aromatic rings. The van der Waals surface area contributed by atoms with Crippen molar-refractivity contribution in [1.82, 2.24) is 15.0 Å². The van der Waals surface area contributed by atoms with Gasteiger partial charge in [0.25, 0.3) is 0 Å². The van der Waals surface area contributed by atoms with Crippen molar-refractivity contribution in [2.24, 2.45) is 0 Å². The molecule has 0 radical (unpaired) electrons. The van der Waals surface area contributed by atoms with E-state index in [-0.39, 0.29) is 11.6 Å². The molecular weight excluding hydrogens is 417 g/mol. The number of nitrogens with zero attached hydrogens (tertiary/aromatic N) is 4. The molecule has 2 aromatic heterocycles. The number of aromatic nitrogens is 3. The number of alkyl halides is 3. The van der Waals surface area contributed by atoms with Gasteiger partial charge in [-0.15, -0.1) is 0 Å². The summed E-state index contributed by atoms with van der Waals surface area (Å²) >= 11 is 6.24. The van der Waals surface area contributed by atoms with Gasteiger partial charge >= 0.3 is 6.18 Å². The Balaban J connectivity index is 1.64. The second kappa shape index (κ2) is 7.85. The van der Waals surface area contributed by atoms with Crippen molar-refractivity contribution in [1.29, 1.82) is 0 Å². The van der Waals surface area contributed by atoms with Gasteiger partial charge in [-0.2, -0.15) is 13.2 Å². The van der Waals surface area contributed by atoms with Gasteiger partial charge in [0.2, 0.25) is 0 Å². The molecule has 0 saturated carbocycles. The lowest BCUT2D eigenvalue weighted by molar-refractivity contribution is -0.141. The van der Waals surface area contributed by atoms with Crippen LogP contribution in [0.25, 0.3) is 11.4 Å². The van der Waals surface area contributed by atoms with Gasteiger partial charge in [-0.25, -0.2) is 9.97 Å². The van der Waals surface area contributed by atoms with Crippen molar-refractivity contribution in [3.63, 3.8) is 0 Å². The maximum absolute atomic E-state index is 13.4. The van der Waals surface area contributed by atoms with E-state index in [0.29, 0.717) is 42.1 Å². The number of rotatable bonds is 3. The second-order valence-electron chi connectivity index (χ2n) is 7.17. The van der Waals surface area contributed by atoms with Crippen molar-refractivity contribution in [2.75, 3.05) is 18.0 Å². The summed E-state index contributed by atoms with van der Waals surface area (Å²) in [6.07, 6.45) is -1.04. The van der Waals surface area contributed by atoms with E-state index in [4.69, 9.17) is 11.6 Å². The number of benzene rings is 1. The lowest BCUT2D eigenvalue weighted by atomic mass is 9.84. The summed E-state index contributed by atoms with van der Waals surface area (Å²) in [5, 5.41) is 11.5. The van der Waals surface area contributed by atoms with Crippen LogP contribution in [0.1, 0.15) is 24.1 Å². The lowest BCUT2D eigenvalue weighted by Gasteiger charge is -2.39. The molecule has 1 N–H and O–H groups in total. The van der Waals surface area contributed by atoms with E-state index < -0.39 is 17.5 Å². The molecule has 0 aliphatic carbocycles. The van der Waals surface area contributed by atoms with Gasteiger partial charge in [-0.05, 0) is 31.0 Å². The zero-order valence-corrected chi connectivity index (χ0v) is 16.5. The minimum absolute atomic E-state index is 0.0418. The SMILES string of the molecule is OC1(c2ccccc2Cl)CCN(c2cc(C(F)(F)F)nc(-c3cccnc3)n2)CC1. The van der Waals surface area contributed by atoms with Crippen LogP contribution in [0.4, 0.5) is 19.0 Å². The minimum Gasteiger partial charge on any atom is -0.385 e. The normalized spacial score (nSPS) is 16.5. The molecule has 9 heteroatoms. The van der Waals surface area contributed by atoms with Gasteiger partial charge in [-0.3, -0.25) is 4.98 Å². The van der Waals surface area contributed by atoms with E-state index in [0.717, 1.165) is 6.07 Å². The molecule has 0 amide bonds. The number of hydrogen-bond donors (Lipinski definition) is 1. The molecule has 1 aliphatic rings. The summed E-state index contributed by atoms with van der Waals surface area (Å²) in [5.74, 6) is 0.122. The van der Waals surface area contributed by atoms with E-state index >= 15 is 0 Å². The fourth-order valence-electron chi connectivity index (χ4n) is 3.58. The van der Waals surface area contributed by atoms with Gasteiger partial charge in [0.1, 0.15) is 5.82 Å². The third-order valence-electron chi connectivity index (χ3n) is 5.21. The van der Waals surface area contributed by atoms with Crippen molar-refractivity contribution in [2.45, 2.75) is 24.6 Å². The average molecular weight is 435 g/mol. The summed E-state index contributed by atoms with van der Waals surface area (Å²) in [7, 11) is 0. The zero-order valence-electron chi connectivity index (χ0n) is 15.8. The van der Waals surface area contributed by atoms with E-state index in [2.05, 4.69) is 15.0 Å². The van der Waals surface area contributed by atoms with E-state index in [1.807, 2.05) is 0 Å². The highest BCUT2D eigenvalue weighted by Crippen LogP contribution is 2.38. The third-order valence-corrected chi connectivity index (χ3v) is 5.54. The van der Waals surface area contributed by atoms with E-state index in [1.54, 1.807) is 41.3 Å². The number of piperidine rings is 1. The predicted molar refractivity (Wildman–Crippen MR) is 107 cm³/mol. The fraction of sp³-hybridized carbons (Fsp3) is 0.286. The first-order valence-electron chi connectivity index (χ1n) is 9.35. The number of halogens is 4.